The van der Waals surface area contributed by atoms with Crippen LogP contribution in [0.2, 0.25) is 0 Å². The van der Waals surface area contributed by atoms with E-state index in [1.807, 2.05) is 62.4 Å². The summed E-state index contributed by atoms with van der Waals surface area (Å²) in [6.45, 7) is 5.43. The van der Waals surface area contributed by atoms with Gasteiger partial charge >= 0.3 is 0 Å². The summed E-state index contributed by atoms with van der Waals surface area (Å²) >= 11 is 0. The molecule has 0 aliphatic carbocycles. The number of para-hydroxylation sites is 1. The predicted octanol–water partition coefficient (Wildman–Crippen LogP) is 5.47. The van der Waals surface area contributed by atoms with Gasteiger partial charge in [-0.15, -0.1) is 0 Å². The number of aryl methyl sites for hydroxylation is 1. The van der Waals surface area contributed by atoms with Gasteiger partial charge in [0.2, 0.25) is 0 Å². The molecular weight excluding hydrogens is 412 g/mol. The summed E-state index contributed by atoms with van der Waals surface area (Å²) in [7, 11) is 0. The van der Waals surface area contributed by atoms with Gasteiger partial charge in [0, 0.05) is 12.2 Å². The smallest absolute Gasteiger partial charge is 0.268 e. The average molecular weight is 439 g/mol. The van der Waals surface area contributed by atoms with Crippen molar-refractivity contribution in [1.29, 1.82) is 5.26 Å². The number of benzene rings is 3. The average Bonchev–Trinajstić information content (AvgIpc) is 3.27. The van der Waals surface area contributed by atoms with Crippen molar-refractivity contribution in [1.82, 2.24) is 0 Å². The van der Waals surface area contributed by atoms with Crippen LogP contribution in [0.1, 0.15) is 29.2 Å². The summed E-state index contributed by atoms with van der Waals surface area (Å²) in [6, 6.07) is 23.5. The van der Waals surface area contributed by atoms with Gasteiger partial charge < -0.3 is 14.4 Å². The predicted molar refractivity (Wildman–Crippen MR) is 129 cm³/mol. The Labute approximate surface area is 194 Å². The zero-order chi connectivity index (χ0) is 23.2. The lowest BCUT2D eigenvalue weighted by Crippen LogP contribution is -2.29. The van der Waals surface area contributed by atoms with Crippen LogP contribution in [0.25, 0.3) is 6.08 Å². The van der Waals surface area contributed by atoms with Crippen molar-refractivity contribution < 1.29 is 14.3 Å². The van der Waals surface area contributed by atoms with Gasteiger partial charge in [-0.2, -0.15) is 5.26 Å². The molecule has 0 fully saturated rings. The van der Waals surface area contributed by atoms with Gasteiger partial charge in [-0.3, -0.25) is 4.79 Å². The third-order valence-electron chi connectivity index (χ3n) is 5.58. The number of nitriles is 1. The third-order valence-corrected chi connectivity index (χ3v) is 5.58. The quantitative estimate of drug-likeness (QED) is 0.363. The second-order valence-corrected chi connectivity index (χ2v) is 7.92. The zero-order valence-corrected chi connectivity index (χ0v) is 18.9. The maximum atomic E-state index is 13.1. The SMILES string of the molecule is CCOc1cc(C=C(C#N)C(=O)N2CCc3ccccc32)ccc1OCc1ccc(C)cc1. The van der Waals surface area contributed by atoms with Crippen molar-refractivity contribution in [2.24, 2.45) is 0 Å². The fourth-order valence-electron chi connectivity index (χ4n) is 3.85. The molecule has 33 heavy (non-hydrogen) atoms. The van der Waals surface area contributed by atoms with E-state index in [1.165, 1.54) is 5.56 Å². The van der Waals surface area contributed by atoms with E-state index in [1.54, 1.807) is 17.0 Å². The van der Waals surface area contributed by atoms with Crippen LogP contribution in [0.3, 0.4) is 0 Å². The molecule has 0 N–H and O–H groups in total. The number of anilines is 1. The standard InChI is InChI=1S/C28H26N2O3/c1-3-32-27-17-22(12-13-26(27)33-19-21-10-8-20(2)9-11-21)16-24(18-29)28(31)30-15-14-23-6-4-5-7-25(23)30/h4-13,16-17H,3,14-15,19H2,1-2H3. The highest BCUT2D eigenvalue weighted by molar-refractivity contribution is 6.12. The second-order valence-electron chi connectivity index (χ2n) is 7.92. The van der Waals surface area contributed by atoms with Crippen LogP contribution in [0, 0.1) is 18.3 Å². The zero-order valence-electron chi connectivity index (χ0n) is 18.9. The van der Waals surface area contributed by atoms with Crippen molar-refractivity contribution in [3.63, 3.8) is 0 Å². The van der Waals surface area contributed by atoms with Crippen LogP contribution < -0.4 is 14.4 Å². The van der Waals surface area contributed by atoms with Gasteiger partial charge in [-0.1, -0.05) is 54.1 Å². The van der Waals surface area contributed by atoms with Gasteiger partial charge in [0.15, 0.2) is 11.5 Å². The molecule has 1 heterocycles. The van der Waals surface area contributed by atoms with E-state index in [2.05, 4.69) is 18.2 Å². The summed E-state index contributed by atoms with van der Waals surface area (Å²) in [5.74, 6) is 0.905. The van der Waals surface area contributed by atoms with Gasteiger partial charge in [-0.05, 0) is 61.2 Å². The third kappa shape index (κ3) is 5.07. The van der Waals surface area contributed by atoms with Gasteiger partial charge in [0.05, 0.1) is 6.61 Å². The Bertz CT molecular complexity index is 1220. The highest BCUT2D eigenvalue weighted by Crippen LogP contribution is 2.32. The fraction of sp³-hybridized carbons (Fsp3) is 0.214. The summed E-state index contributed by atoms with van der Waals surface area (Å²) in [4.78, 5) is 14.8. The number of hydrogen-bond acceptors (Lipinski definition) is 4. The number of nitrogens with zero attached hydrogens (tertiary/aromatic N) is 2. The first-order valence-electron chi connectivity index (χ1n) is 11.1. The Kier molecular flexibility index (Phi) is 6.75. The molecule has 3 aromatic rings. The van der Waals surface area contributed by atoms with Crippen molar-refractivity contribution in [3.8, 4) is 17.6 Å². The van der Waals surface area contributed by atoms with Crippen LogP contribution in [-0.2, 0) is 17.8 Å². The Morgan fingerprint density at radius 1 is 1.06 bits per heavy atom. The van der Waals surface area contributed by atoms with Crippen LogP contribution in [0.5, 0.6) is 11.5 Å². The number of amides is 1. The number of carbonyl (C=O) groups excluding carboxylic acids is 1. The van der Waals surface area contributed by atoms with E-state index in [4.69, 9.17) is 9.47 Å². The minimum atomic E-state index is -0.292. The normalized spacial score (nSPS) is 12.8. The maximum Gasteiger partial charge on any atom is 0.268 e. The summed E-state index contributed by atoms with van der Waals surface area (Å²) in [5, 5.41) is 9.70. The van der Waals surface area contributed by atoms with E-state index in [9.17, 15) is 10.1 Å². The molecule has 1 amide bonds. The largest absolute Gasteiger partial charge is 0.490 e. The molecule has 1 aliphatic heterocycles. The Morgan fingerprint density at radius 3 is 2.61 bits per heavy atom. The molecule has 3 aromatic carbocycles. The monoisotopic (exact) mass is 438 g/mol. The van der Waals surface area contributed by atoms with E-state index in [-0.39, 0.29) is 11.5 Å². The highest BCUT2D eigenvalue weighted by atomic mass is 16.5. The molecule has 0 saturated carbocycles. The lowest BCUT2D eigenvalue weighted by Gasteiger charge is -2.17. The van der Waals surface area contributed by atoms with Crippen LogP contribution in [0.15, 0.2) is 72.3 Å². The minimum absolute atomic E-state index is 0.0856. The molecule has 0 unspecified atom stereocenters. The second kappa shape index (κ2) is 10.1. The first-order valence-corrected chi connectivity index (χ1v) is 11.1. The van der Waals surface area contributed by atoms with Gasteiger partial charge in [-0.25, -0.2) is 0 Å². The first kappa shape index (κ1) is 22.2. The molecule has 5 nitrogen and oxygen atoms in total. The van der Waals surface area contributed by atoms with E-state index in [0.29, 0.717) is 36.8 Å². The first-order chi connectivity index (χ1) is 16.1. The van der Waals surface area contributed by atoms with Crippen molar-refractivity contribution in [2.45, 2.75) is 26.9 Å². The summed E-state index contributed by atoms with van der Waals surface area (Å²) in [6.07, 6.45) is 2.40. The Hall–Kier alpha value is -4.04. The molecular formula is C28H26N2O3. The Morgan fingerprint density at radius 2 is 1.85 bits per heavy atom. The molecule has 0 atom stereocenters. The number of rotatable bonds is 7. The van der Waals surface area contributed by atoms with Crippen molar-refractivity contribution in [3.05, 3.63) is 94.6 Å². The number of ether oxygens (including phenoxy) is 2. The number of hydrogen-bond donors (Lipinski definition) is 0. The molecule has 0 spiro atoms. The maximum absolute atomic E-state index is 13.1. The lowest BCUT2D eigenvalue weighted by atomic mass is 10.1. The molecule has 0 bridgehead atoms. The molecule has 0 aromatic heterocycles. The van der Waals surface area contributed by atoms with Gasteiger partial charge in [0.25, 0.3) is 5.91 Å². The minimum Gasteiger partial charge on any atom is -0.490 e. The number of fused-ring (bicyclic) bond motifs is 1. The van der Waals surface area contributed by atoms with Gasteiger partial charge in [0.1, 0.15) is 18.2 Å². The summed E-state index contributed by atoms with van der Waals surface area (Å²) < 4.78 is 11.8. The van der Waals surface area contributed by atoms with E-state index >= 15 is 0 Å². The lowest BCUT2D eigenvalue weighted by molar-refractivity contribution is -0.114. The summed E-state index contributed by atoms with van der Waals surface area (Å²) in [5.41, 5.74) is 5.05. The van der Waals surface area contributed by atoms with Crippen LogP contribution in [0.4, 0.5) is 5.69 Å². The van der Waals surface area contributed by atoms with Crippen LogP contribution >= 0.6 is 0 Å². The van der Waals surface area contributed by atoms with Crippen LogP contribution in [-0.4, -0.2) is 19.1 Å². The molecule has 5 heteroatoms. The number of carbonyl (C=O) groups is 1. The molecule has 0 radical (unpaired) electrons. The van der Waals surface area contributed by atoms with E-state index in [0.717, 1.165) is 23.2 Å². The van der Waals surface area contributed by atoms with Crippen molar-refractivity contribution in [2.75, 3.05) is 18.1 Å². The Balaban J connectivity index is 1.55. The van der Waals surface area contributed by atoms with Crippen molar-refractivity contribution >= 4 is 17.7 Å². The highest BCUT2D eigenvalue weighted by Gasteiger charge is 2.26. The molecule has 166 valence electrons. The molecule has 4 rings (SSSR count). The molecule has 0 saturated heterocycles. The van der Waals surface area contributed by atoms with E-state index < -0.39 is 0 Å². The molecule has 1 aliphatic rings. The topological polar surface area (TPSA) is 62.6 Å². The fourth-order valence-corrected chi connectivity index (χ4v) is 3.85.